The van der Waals surface area contributed by atoms with Crippen LogP contribution in [0.15, 0.2) is 12.5 Å². The van der Waals surface area contributed by atoms with E-state index in [-0.39, 0.29) is 13.0 Å². The second-order valence-electron chi connectivity index (χ2n) is 5.62. The van der Waals surface area contributed by atoms with E-state index in [9.17, 15) is 4.79 Å². The Morgan fingerprint density at radius 1 is 1.28 bits per heavy atom. The smallest absolute Gasteiger partial charge is 0.416 e. The maximum atomic E-state index is 11.5. The molecule has 0 spiro atoms. The van der Waals surface area contributed by atoms with E-state index in [1.807, 2.05) is 0 Å². The van der Waals surface area contributed by atoms with Crippen LogP contribution in [0.5, 0.6) is 0 Å². The molecule has 3 rings (SSSR count). The monoisotopic (exact) mass is 249 g/mol. The first-order chi connectivity index (χ1) is 8.75. The minimum absolute atomic E-state index is 0.272. The molecule has 0 aromatic carbocycles. The Bertz CT molecular complexity index is 338. The summed E-state index contributed by atoms with van der Waals surface area (Å²) in [5.74, 6) is 1.81. The standard InChI is InChI=1S/C13H20BNO3/c1-10(15-8-9-17-13(15)16)18-14-11-4-2-5-12(14)7-3-6-11/h11-12H,1-9H2. The summed E-state index contributed by atoms with van der Waals surface area (Å²) in [6.45, 7) is 5.20. The van der Waals surface area contributed by atoms with Crippen molar-refractivity contribution in [2.45, 2.75) is 50.2 Å². The van der Waals surface area contributed by atoms with Crippen molar-refractivity contribution in [3.05, 3.63) is 12.5 Å². The summed E-state index contributed by atoms with van der Waals surface area (Å²) < 4.78 is 11.0. The van der Waals surface area contributed by atoms with Gasteiger partial charge in [0.2, 0.25) is 0 Å². The first kappa shape index (κ1) is 11.9. The molecule has 0 N–H and O–H groups in total. The molecule has 0 saturated carbocycles. The van der Waals surface area contributed by atoms with Gasteiger partial charge in [-0.1, -0.05) is 38.5 Å². The zero-order valence-electron chi connectivity index (χ0n) is 10.8. The van der Waals surface area contributed by atoms with Crippen molar-refractivity contribution in [1.29, 1.82) is 0 Å². The normalized spacial score (nSPS) is 31.2. The van der Waals surface area contributed by atoms with E-state index < -0.39 is 0 Å². The highest BCUT2D eigenvalue weighted by atomic mass is 16.6. The van der Waals surface area contributed by atoms with E-state index in [2.05, 4.69) is 6.58 Å². The third-order valence-corrected chi connectivity index (χ3v) is 4.56. The van der Waals surface area contributed by atoms with Crippen LogP contribution in [0.1, 0.15) is 38.5 Å². The molecule has 3 saturated heterocycles. The maximum absolute atomic E-state index is 11.5. The predicted molar refractivity (Wildman–Crippen MR) is 69.2 cm³/mol. The number of fused-ring (bicyclic) bond motifs is 2. The van der Waals surface area contributed by atoms with E-state index in [4.69, 9.17) is 9.39 Å². The lowest BCUT2D eigenvalue weighted by atomic mass is 9.38. The van der Waals surface area contributed by atoms with Crippen molar-refractivity contribution >= 4 is 13.0 Å². The van der Waals surface area contributed by atoms with Gasteiger partial charge in [-0.2, -0.15) is 0 Å². The number of carbonyl (C=O) groups excluding carboxylic acids is 1. The number of cyclic esters (lactones) is 1. The van der Waals surface area contributed by atoms with Crippen molar-refractivity contribution in [3.63, 3.8) is 0 Å². The van der Waals surface area contributed by atoms with Crippen molar-refractivity contribution in [3.8, 4) is 0 Å². The molecule has 3 aliphatic rings. The van der Waals surface area contributed by atoms with Crippen LogP contribution < -0.4 is 0 Å². The van der Waals surface area contributed by atoms with E-state index in [1.54, 1.807) is 0 Å². The van der Waals surface area contributed by atoms with Crippen molar-refractivity contribution in [2.24, 2.45) is 0 Å². The molecule has 3 aliphatic heterocycles. The molecule has 3 fully saturated rings. The number of rotatable bonds is 3. The van der Waals surface area contributed by atoms with Gasteiger partial charge in [-0.25, -0.2) is 9.69 Å². The molecule has 98 valence electrons. The summed E-state index contributed by atoms with van der Waals surface area (Å²) >= 11 is 0. The van der Waals surface area contributed by atoms with E-state index >= 15 is 0 Å². The second-order valence-corrected chi connectivity index (χ2v) is 5.62. The molecule has 0 aliphatic carbocycles. The van der Waals surface area contributed by atoms with Crippen LogP contribution in [0.25, 0.3) is 0 Å². The second kappa shape index (κ2) is 4.86. The SMILES string of the molecule is C=C(OB1C2CCCC1CCC2)N1CCOC1=O. The zero-order valence-corrected chi connectivity index (χ0v) is 10.8. The van der Waals surface area contributed by atoms with Crippen LogP contribution in [0.3, 0.4) is 0 Å². The fourth-order valence-electron chi connectivity index (χ4n) is 3.65. The molecule has 0 aromatic rings. The van der Waals surface area contributed by atoms with Gasteiger partial charge in [0, 0.05) is 0 Å². The summed E-state index contributed by atoms with van der Waals surface area (Å²) in [6, 6.07) is 0. The molecule has 4 nitrogen and oxygen atoms in total. The minimum atomic E-state index is -0.319. The Hall–Kier alpha value is -1.13. The topological polar surface area (TPSA) is 38.8 Å². The van der Waals surface area contributed by atoms with Gasteiger partial charge in [-0.3, -0.25) is 0 Å². The number of hydrogen-bond donors (Lipinski definition) is 0. The Labute approximate surface area is 108 Å². The van der Waals surface area contributed by atoms with Crippen molar-refractivity contribution < 1.29 is 14.2 Å². The van der Waals surface area contributed by atoms with Gasteiger partial charge in [0.15, 0.2) is 5.88 Å². The van der Waals surface area contributed by atoms with E-state index in [0.29, 0.717) is 30.7 Å². The third-order valence-electron chi connectivity index (χ3n) is 4.56. The molecule has 0 atom stereocenters. The van der Waals surface area contributed by atoms with Crippen LogP contribution in [0.4, 0.5) is 4.79 Å². The Morgan fingerprint density at radius 2 is 1.89 bits per heavy atom. The summed E-state index contributed by atoms with van der Waals surface area (Å²) in [5, 5.41) is 0. The summed E-state index contributed by atoms with van der Waals surface area (Å²) in [4.78, 5) is 13.0. The molecular formula is C13H20BNO3. The molecule has 0 aromatic heterocycles. The summed E-state index contributed by atoms with van der Waals surface area (Å²) in [5.41, 5.74) is 0. The van der Waals surface area contributed by atoms with Crippen LogP contribution in [0.2, 0.25) is 11.6 Å². The van der Waals surface area contributed by atoms with Gasteiger partial charge in [0.05, 0.1) is 6.54 Å². The molecule has 1 amide bonds. The highest BCUT2D eigenvalue weighted by molar-refractivity contribution is 6.56. The summed E-state index contributed by atoms with van der Waals surface area (Å²) in [6.07, 6.45) is 7.39. The predicted octanol–water partition coefficient (Wildman–Crippen LogP) is 3.03. The molecule has 2 bridgehead atoms. The molecular weight excluding hydrogens is 229 g/mol. The first-order valence-corrected chi connectivity index (χ1v) is 7.05. The van der Waals surface area contributed by atoms with Gasteiger partial charge in [0.1, 0.15) is 6.61 Å². The highest BCUT2D eigenvalue weighted by Gasteiger charge is 2.43. The van der Waals surface area contributed by atoms with Gasteiger partial charge in [0.25, 0.3) is 0 Å². The number of nitrogens with zero attached hydrogens (tertiary/aromatic N) is 1. The highest BCUT2D eigenvalue weighted by Crippen LogP contribution is 2.47. The fourth-order valence-corrected chi connectivity index (χ4v) is 3.65. The van der Waals surface area contributed by atoms with Crippen LogP contribution in [0, 0.1) is 0 Å². The number of ether oxygens (including phenoxy) is 1. The third kappa shape index (κ3) is 2.11. The number of amides is 1. The van der Waals surface area contributed by atoms with E-state index in [1.165, 1.54) is 43.4 Å². The lowest BCUT2D eigenvalue weighted by Crippen LogP contribution is -2.39. The Balaban J connectivity index is 1.64. The fraction of sp³-hybridized carbons (Fsp3) is 0.769. The lowest BCUT2D eigenvalue weighted by Gasteiger charge is -2.40. The molecule has 3 heterocycles. The average molecular weight is 249 g/mol. The van der Waals surface area contributed by atoms with Crippen molar-refractivity contribution in [1.82, 2.24) is 4.90 Å². The first-order valence-electron chi connectivity index (χ1n) is 7.05. The molecule has 0 unspecified atom stereocenters. The van der Waals surface area contributed by atoms with Crippen LogP contribution >= 0.6 is 0 Å². The molecule has 0 radical (unpaired) electrons. The van der Waals surface area contributed by atoms with Crippen molar-refractivity contribution in [2.75, 3.05) is 13.2 Å². The van der Waals surface area contributed by atoms with Gasteiger partial charge in [-0.05, 0) is 18.2 Å². The average Bonchev–Trinajstić information content (AvgIpc) is 2.75. The molecule has 18 heavy (non-hydrogen) atoms. The Kier molecular flexibility index (Phi) is 3.23. The largest absolute Gasteiger partial charge is 0.549 e. The van der Waals surface area contributed by atoms with Crippen LogP contribution in [-0.4, -0.2) is 31.1 Å². The van der Waals surface area contributed by atoms with Crippen LogP contribution in [-0.2, 0) is 9.39 Å². The maximum Gasteiger partial charge on any atom is 0.416 e. The van der Waals surface area contributed by atoms with E-state index in [0.717, 1.165) is 0 Å². The van der Waals surface area contributed by atoms with Gasteiger partial charge < -0.3 is 9.39 Å². The number of hydrogen-bond acceptors (Lipinski definition) is 3. The quantitative estimate of drug-likeness (QED) is 0.570. The van der Waals surface area contributed by atoms with Gasteiger partial charge in [-0.15, -0.1) is 0 Å². The number of carbonyl (C=O) groups is 1. The van der Waals surface area contributed by atoms with Gasteiger partial charge >= 0.3 is 13.0 Å². The minimum Gasteiger partial charge on any atom is -0.549 e. The summed E-state index contributed by atoms with van der Waals surface area (Å²) in [7, 11) is 0. The Morgan fingerprint density at radius 3 is 2.39 bits per heavy atom. The lowest BCUT2D eigenvalue weighted by molar-refractivity contribution is 0.152. The zero-order chi connectivity index (χ0) is 12.5. The molecule has 5 heteroatoms.